The largest absolute Gasteiger partial charge is 0.310 e. The minimum atomic E-state index is -0.555. The maximum atomic E-state index is 2.43. The van der Waals surface area contributed by atoms with Gasteiger partial charge in [0.2, 0.25) is 0 Å². The Hall–Kier alpha value is -8.52. The van der Waals surface area contributed by atoms with Crippen LogP contribution in [-0.2, 0) is 10.8 Å². The highest BCUT2D eigenvalue weighted by Gasteiger charge is 2.59. The molecule has 0 amide bonds. The monoisotopic (exact) mass is 877 g/mol. The molecule has 4 aliphatic carbocycles. The Morgan fingerprint density at radius 3 is 1.33 bits per heavy atom. The number of anilines is 3. The Bertz CT molecular complexity index is 3640. The molecule has 0 radical (unpaired) electrons. The first-order valence-electron chi connectivity index (χ1n) is 24.4. The molecule has 0 aromatic heterocycles. The smallest absolute Gasteiger partial charge is 0.0720 e. The van der Waals surface area contributed by atoms with E-state index in [2.05, 4.69) is 266 Å². The van der Waals surface area contributed by atoms with Gasteiger partial charge >= 0.3 is 0 Å². The van der Waals surface area contributed by atoms with Crippen LogP contribution < -0.4 is 4.90 Å². The lowest BCUT2D eigenvalue weighted by molar-refractivity contribution is 0.633. The molecule has 0 heterocycles. The number of benzene rings is 10. The summed E-state index contributed by atoms with van der Waals surface area (Å²) >= 11 is 0. The summed E-state index contributed by atoms with van der Waals surface area (Å²) in [5.41, 5.74) is 25.8. The van der Waals surface area contributed by atoms with Crippen molar-refractivity contribution in [1.82, 2.24) is 0 Å². The Balaban J connectivity index is 0.978. The van der Waals surface area contributed by atoms with Crippen LogP contribution in [0.25, 0.3) is 50.1 Å². The van der Waals surface area contributed by atoms with Crippen molar-refractivity contribution in [3.8, 4) is 44.5 Å². The fraction of sp³-hybridized carbons (Fsp3) is 0.0588. The summed E-state index contributed by atoms with van der Waals surface area (Å²) in [6.45, 7) is 0. The minimum absolute atomic E-state index is 0.473. The second-order valence-electron chi connectivity index (χ2n) is 19.0. The van der Waals surface area contributed by atoms with Crippen LogP contribution in [0.4, 0.5) is 17.1 Å². The van der Waals surface area contributed by atoms with E-state index in [1.165, 1.54) is 100 Å². The van der Waals surface area contributed by atoms with Crippen LogP contribution in [-0.4, -0.2) is 0 Å². The molecule has 2 spiro atoms. The van der Waals surface area contributed by atoms with Gasteiger partial charge in [0, 0.05) is 17.1 Å². The summed E-state index contributed by atoms with van der Waals surface area (Å²) in [5, 5.41) is 0. The van der Waals surface area contributed by atoms with Crippen molar-refractivity contribution >= 4 is 22.6 Å². The van der Waals surface area contributed by atoms with Crippen LogP contribution in [0.5, 0.6) is 0 Å². The van der Waals surface area contributed by atoms with Gasteiger partial charge in [0.25, 0.3) is 0 Å². The summed E-state index contributed by atoms with van der Waals surface area (Å²) < 4.78 is 0. The van der Waals surface area contributed by atoms with E-state index in [1.807, 2.05) is 0 Å². The Labute approximate surface area is 404 Å². The summed E-state index contributed by atoms with van der Waals surface area (Å²) in [5.74, 6) is 0. The maximum Gasteiger partial charge on any atom is 0.0720 e. The molecule has 324 valence electrons. The second-order valence-corrected chi connectivity index (χ2v) is 19.0. The van der Waals surface area contributed by atoms with Crippen molar-refractivity contribution in [3.63, 3.8) is 0 Å². The molecule has 1 nitrogen and oxygen atoms in total. The fourth-order valence-electron chi connectivity index (χ4n) is 12.9. The lowest BCUT2D eigenvalue weighted by atomic mass is 9.52. The molecular formula is C68H47N. The predicted octanol–water partition coefficient (Wildman–Crippen LogP) is 17.3. The highest BCUT2D eigenvalue weighted by Crippen LogP contribution is 2.68. The molecule has 0 aliphatic heterocycles. The van der Waals surface area contributed by atoms with Crippen molar-refractivity contribution in [1.29, 1.82) is 0 Å². The van der Waals surface area contributed by atoms with Gasteiger partial charge in [-0.25, -0.2) is 0 Å². The van der Waals surface area contributed by atoms with E-state index in [9.17, 15) is 0 Å². The van der Waals surface area contributed by atoms with Crippen LogP contribution in [0.1, 0.15) is 62.9 Å². The van der Waals surface area contributed by atoms with Gasteiger partial charge < -0.3 is 4.90 Å². The van der Waals surface area contributed by atoms with Crippen LogP contribution in [0.2, 0.25) is 0 Å². The molecule has 10 aromatic rings. The lowest BCUT2D eigenvalue weighted by Gasteiger charge is -2.48. The van der Waals surface area contributed by atoms with Crippen molar-refractivity contribution in [2.45, 2.75) is 23.7 Å². The first-order chi connectivity index (χ1) is 34.2. The summed E-state index contributed by atoms with van der Waals surface area (Å²) in [6, 6.07) is 91.4. The highest BCUT2D eigenvalue weighted by atomic mass is 15.1. The molecule has 0 bridgehead atoms. The van der Waals surface area contributed by atoms with Crippen LogP contribution in [0, 0.1) is 0 Å². The van der Waals surface area contributed by atoms with Gasteiger partial charge in [0.15, 0.2) is 0 Å². The predicted molar refractivity (Wildman–Crippen MR) is 287 cm³/mol. The van der Waals surface area contributed by atoms with Crippen molar-refractivity contribution < 1.29 is 0 Å². The molecule has 0 saturated heterocycles. The van der Waals surface area contributed by atoms with Crippen LogP contribution >= 0.6 is 0 Å². The van der Waals surface area contributed by atoms with E-state index in [4.69, 9.17) is 0 Å². The number of hydrogen-bond acceptors (Lipinski definition) is 1. The Morgan fingerprint density at radius 1 is 0.304 bits per heavy atom. The zero-order valence-electron chi connectivity index (χ0n) is 38.2. The van der Waals surface area contributed by atoms with Gasteiger partial charge in [-0.05, 0) is 149 Å². The minimum Gasteiger partial charge on any atom is -0.310 e. The van der Waals surface area contributed by atoms with Crippen LogP contribution in [0.15, 0.2) is 261 Å². The second kappa shape index (κ2) is 15.5. The molecule has 0 unspecified atom stereocenters. The molecular weight excluding hydrogens is 831 g/mol. The third kappa shape index (κ3) is 5.65. The average Bonchev–Trinajstić information content (AvgIpc) is 3.90. The fourth-order valence-corrected chi connectivity index (χ4v) is 12.9. The Kier molecular flexibility index (Phi) is 8.91. The zero-order valence-corrected chi connectivity index (χ0v) is 38.2. The van der Waals surface area contributed by atoms with E-state index in [0.29, 0.717) is 0 Å². The topological polar surface area (TPSA) is 3.24 Å². The third-order valence-electron chi connectivity index (χ3n) is 15.6. The molecule has 69 heavy (non-hydrogen) atoms. The SMILES string of the molecule is C1=CCCC(c2cccc(N(c3ccc(-c4ccccc4)cc3)c3cccc(-c4cccc5c4-c4ccccc4C54c5ccccc5C5(c6ccccc6-c6ccccc65)c5ccccc54)c3)c2)=C1. The van der Waals surface area contributed by atoms with E-state index >= 15 is 0 Å². The maximum absolute atomic E-state index is 2.43. The number of rotatable bonds is 6. The molecule has 14 rings (SSSR count). The number of nitrogens with zero attached hydrogens (tertiary/aromatic N) is 1. The van der Waals surface area contributed by atoms with Gasteiger partial charge in [-0.1, -0.05) is 224 Å². The standard InChI is InChI=1S/C68H47N/c1-3-20-46(21-4-1)48-40-42-51(43-41-48)69(52-26-17-24-49(44-52)47-22-5-2-6-23-47)53-27-18-25-50(45-53)54-31-19-39-65-66(54)57-30-9-12-34-60(57)68(65)63-37-15-13-35-61(63)67(62-36-14-16-38-64(62)68)58-32-10-7-28-55(58)56-29-8-11-33-59(56)67/h1-5,7-22,24-45H,6,23H2. The summed E-state index contributed by atoms with van der Waals surface area (Å²) in [6.07, 6.45) is 8.84. The lowest BCUT2D eigenvalue weighted by Crippen LogP contribution is -2.43. The molecule has 0 atom stereocenters. The normalized spacial score (nSPS) is 14.8. The number of allylic oxidation sites excluding steroid dienone is 4. The molecule has 0 saturated carbocycles. The van der Waals surface area contributed by atoms with Crippen molar-refractivity contribution in [3.05, 3.63) is 311 Å². The van der Waals surface area contributed by atoms with Gasteiger partial charge in [0.05, 0.1) is 10.8 Å². The quantitative estimate of drug-likeness (QED) is 0.161. The first kappa shape index (κ1) is 39.6. The third-order valence-corrected chi connectivity index (χ3v) is 15.6. The molecule has 4 aliphatic rings. The van der Waals surface area contributed by atoms with E-state index < -0.39 is 10.8 Å². The molecule has 0 N–H and O–H groups in total. The molecule has 0 fully saturated rings. The Morgan fingerprint density at radius 2 is 0.739 bits per heavy atom. The van der Waals surface area contributed by atoms with Crippen molar-refractivity contribution in [2.24, 2.45) is 0 Å². The van der Waals surface area contributed by atoms with E-state index in [1.54, 1.807) is 0 Å². The van der Waals surface area contributed by atoms with Crippen molar-refractivity contribution in [2.75, 3.05) is 4.90 Å². The van der Waals surface area contributed by atoms with E-state index in [0.717, 1.165) is 29.9 Å². The first-order valence-corrected chi connectivity index (χ1v) is 24.4. The number of fused-ring (bicyclic) bond motifs is 16. The van der Waals surface area contributed by atoms with Gasteiger partial charge in [-0.15, -0.1) is 0 Å². The van der Waals surface area contributed by atoms with Crippen LogP contribution in [0.3, 0.4) is 0 Å². The average molecular weight is 878 g/mol. The number of hydrogen-bond donors (Lipinski definition) is 0. The van der Waals surface area contributed by atoms with Gasteiger partial charge in [0.1, 0.15) is 0 Å². The summed E-state index contributed by atoms with van der Waals surface area (Å²) in [4.78, 5) is 2.43. The van der Waals surface area contributed by atoms with Gasteiger partial charge in [-0.2, -0.15) is 0 Å². The molecule has 1 heteroatoms. The zero-order chi connectivity index (χ0) is 45.5. The highest BCUT2D eigenvalue weighted by molar-refractivity contribution is 5.99. The molecule has 10 aromatic carbocycles. The van der Waals surface area contributed by atoms with Gasteiger partial charge in [-0.3, -0.25) is 0 Å². The van der Waals surface area contributed by atoms with E-state index in [-0.39, 0.29) is 0 Å². The summed E-state index contributed by atoms with van der Waals surface area (Å²) in [7, 11) is 0.